The van der Waals surface area contributed by atoms with E-state index in [-0.39, 0.29) is 17.1 Å². The standard InChI is InChI=1S/2C18H34O2.Cu/c2*1-2-3-4-5-6-7-8-9-10-11-12-13-14-15-16-17-18(19)20;/h2*9-10H,2-8,11-17H2,1H3,(H,19,20);/b2*10-9+;. The Morgan fingerprint density at radius 2 is 0.610 bits per heavy atom. The van der Waals surface area contributed by atoms with E-state index in [1.54, 1.807) is 0 Å². The third-order valence-electron chi connectivity index (χ3n) is 7.30. The summed E-state index contributed by atoms with van der Waals surface area (Å²) in [4.78, 5) is 20.6. The van der Waals surface area contributed by atoms with Crippen molar-refractivity contribution >= 4 is 11.9 Å². The van der Waals surface area contributed by atoms with E-state index in [4.69, 9.17) is 10.2 Å². The molecular weight excluding hydrogens is 560 g/mol. The zero-order chi connectivity index (χ0) is 29.8. The fourth-order valence-electron chi connectivity index (χ4n) is 4.69. The minimum absolute atomic E-state index is 0. The minimum atomic E-state index is -0.664. The predicted octanol–water partition coefficient (Wildman–Crippen LogP) is 12.2. The van der Waals surface area contributed by atoms with Crippen LogP contribution >= 0.6 is 0 Å². The van der Waals surface area contributed by atoms with Gasteiger partial charge in [-0.15, -0.1) is 0 Å². The molecule has 1 radical (unpaired) electrons. The maximum Gasteiger partial charge on any atom is 0.303 e. The van der Waals surface area contributed by atoms with Gasteiger partial charge in [0.2, 0.25) is 0 Å². The van der Waals surface area contributed by atoms with Crippen molar-refractivity contribution in [1.82, 2.24) is 0 Å². The molecule has 0 aromatic rings. The van der Waals surface area contributed by atoms with E-state index in [1.807, 2.05) is 0 Å². The van der Waals surface area contributed by atoms with Gasteiger partial charge < -0.3 is 10.2 Å². The van der Waals surface area contributed by atoms with Crippen LogP contribution in [0.3, 0.4) is 0 Å². The van der Waals surface area contributed by atoms with E-state index in [2.05, 4.69) is 38.2 Å². The van der Waals surface area contributed by atoms with Gasteiger partial charge in [0.1, 0.15) is 0 Å². The van der Waals surface area contributed by atoms with Gasteiger partial charge in [-0.2, -0.15) is 0 Å². The molecular formula is C36H68CuO4. The van der Waals surface area contributed by atoms with Gasteiger partial charge in [0.05, 0.1) is 0 Å². The van der Waals surface area contributed by atoms with E-state index in [0.717, 1.165) is 25.7 Å². The molecule has 2 N–H and O–H groups in total. The molecule has 247 valence electrons. The van der Waals surface area contributed by atoms with Crippen LogP contribution in [0.4, 0.5) is 0 Å². The van der Waals surface area contributed by atoms with Crippen LogP contribution in [0.25, 0.3) is 0 Å². The van der Waals surface area contributed by atoms with Crippen LogP contribution in [0.15, 0.2) is 24.3 Å². The minimum Gasteiger partial charge on any atom is -0.481 e. The number of unbranched alkanes of at least 4 members (excludes halogenated alkanes) is 22. The zero-order valence-electron chi connectivity index (χ0n) is 27.1. The van der Waals surface area contributed by atoms with Crippen molar-refractivity contribution in [2.24, 2.45) is 0 Å². The Bertz CT molecular complexity index is 524. The first-order chi connectivity index (χ1) is 19.5. The summed E-state index contributed by atoms with van der Waals surface area (Å²) in [5.41, 5.74) is 0. The molecule has 0 saturated carbocycles. The normalized spacial score (nSPS) is 11.0. The second-order valence-electron chi connectivity index (χ2n) is 11.5. The number of aliphatic carboxylic acids is 2. The fourth-order valence-corrected chi connectivity index (χ4v) is 4.69. The Labute approximate surface area is 266 Å². The Kier molecular flexibility index (Phi) is 44.5. The molecule has 0 heterocycles. The number of allylic oxidation sites excluding steroid dienone is 4. The monoisotopic (exact) mass is 627 g/mol. The predicted molar refractivity (Wildman–Crippen MR) is 174 cm³/mol. The molecule has 0 bridgehead atoms. The molecule has 0 atom stereocenters. The number of carboxylic acids is 2. The fraction of sp³-hybridized carbons (Fsp3) is 0.833. The second-order valence-corrected chi connectivity index (χ2v) is 11.5. The van der Waals surface area contributed by atoms with Crippen LogP contribution in [0.2, 0.25) is 0 Å². The zero-order valence-corrected chi connectivity index (χ0v) is 28.1. The molecule has 5 heteroatoms. The second kappa shape index (κ2) is 41.1. The molecule has 0 aliphatic rings. The van der Waals surface area contributed by atoms with Crippen LogP contribution in [0, 0.1) is 0 Å². The van der Waals surface area contributed by atoms with E-state index < -0.39 is 11.9 Å². The average Bonchev–Trinajstić information content (AvgIpc) is 2.93. The van der Waals surface area contributed by atoms with Gasteiger partial charge in [-0.1, -0.05) is 141 Å². The molecule has 0 unspecified atom stereocenters. The first-order valence-electron chi connectivity index (χ1n) is 17.3. The van der Waals surface area contributed by atoms with Crippen molar-refractivity contribution in [2.75, 3.05) is 0 Å². The number of hydrogen-bond acceptors (Lipinski definition) is 2. The number of rotatable bonds is 30. The van der Waals surface area contributed by atoms with Crippen molar-refractivity contribution in [3.05, 3.63) is 24.3 Å². The van der Waals surface area contributed by atoms with Gasteiger partial charge in [0.15, 0.2) is 0 Å². The van der Waals surface area contributed by atoms with Gasteiger partial charge in [-0.3, -0.25) is 9.59 Å². The first kappa shape index (κ1) is 44.4. The quantitative estimate of drug-likeness (QED) is 0.0472. The molecule has 41 heavy (non-hydrogen) atoms. The van der Waals surface area contributed by atoms with Crippen LogP contribution in [-0.4, -0.2) is 22.2 Å². The topological polar surface area (TPSA) is 74.6 Å². The number of hydrogen-bond donors (Lipinski definition) is 2. The smallest absolute Gasteiger partial charge is 0.303 e. The summed E-state index contributed by atoms with van der Waals surface area (Å²) in [7, 11) is 0. The van der Waals surface area contributed by atoms with Crippen LogP contribution in [-0.2, 0) is 26.7 Å². The van der Waals surface area contributed by atoms with Gasteiger partial charge in [-0.05, 0) is 64.2 Å². The summed E-state index contributed by atoms with van der Waals surface area (Å²) in [6.07, 6.45) is 42.5. The van der Waals surface area contributed by atoms with E-state index in [1.165, 1.54) is 141 Å². The van der Waals surface area contributed by atoms with Crippen molar-refractivity contribution in [3.63, 3.8) is 0 Å². The summed E-state index contributed by atoms with van der Waals surface area (Å²) < 4.78 is 0. The SMILES string of the molecule is CCCCCCCC/C=C/CCCCCCCC(=O)O.CCCCCCCC/C=C/CCCCCCCC(=O)O.[Cu]. The van der Waals surface area contributed by atoms with Crippen molar-refractivity contribution < 1.29 is 36.9 Å². The summed E-state index contributed by atoms with van der Waals surface area (Å²) in [6, 6.07) is 0. The summed E-state index contributed by atoms with van der Waals surface area (Å²) in [5, 5.41) is 17.0. The molecule has 0 fully saturated rings. The van der Waals surface area contributed by atoms with Crippen LogP contribution in [0.5, 0.6) is 0 Å². The summed E-state index contributed by atoms with van der Waals surface area (Å²) in [6.45, 7) is 4.52. The summed E-state index contributed by atoms with van der Waals surface area (Å²) in [5.74, 6) is -1.33. The largest absolute Gasteiger partial charge is 0.481 e. The van der Waals surface area contributed by atoms with Crippen molar-refractivity contribution in [3.8, 4) is 0 Å². The molecule has 0 aromatic heterocycles. The molecule has 0 spiro atoms. The molecule has 0 amide bonds. The van der Waals surface area contributed by atoms with Gasteiger partial charge in [0.25, 0.3) is 0 Å². The maximum absolute atomic E-state index is 10.3. The molecule has 4 nitrogen and oxygen atoms in total. The van der Waals surface area contributed by atoms with Gasteiger partial charge in [0, 0.05) is 29.9 Å². The van der Waals surface area contributed by atoms with Gasteiger partial charge >= 0.3 is 11.9 Å². The molecule has 0 aromatic carbocycles. The molecule has 0 aliphatic carbocycles. The maximum atomic E-state index is 10.3. The third kappa shape index (κ3) is 49.0. The van der Waals surface area contributed by atoms with E-state index in [0.29, 0.717) is 12.8 Å². The third-order valence-corrected chi connectivity index (χ3v) is 7.30. The Balaban J connectivity index is -0.000000688. The van der Waals surface area contributed by atoms with Crippen LogP contribution < -0.4 is 0 Å². The van der Waals surface area contributed by atoms with Crippen molar-refractivity contribution in [2.45, 2.75) is 194 Å². The Morgan fingerprint density at radius 1 is 0.390 bits per heavy atom. The Hall–Kier alpha value is -1.06. The van der Waals surface area contributed by atoms with Crippen molar-refractivity contribution in [1.29, 1.82) is 0 Å². The molecule has 0 rings (SSSR count). The van der Waals surface area contributed by atoms with Crippen LogP contribution in [0.1, 0.15) is 194 Å². The molecule has 0 saturated heterocycles. The van der Waals surface area contributed by atoms with E-state index >= 15 is 0 Å². The summed E-state index contributed by atoms with van der Waals surface area (Å²) >= 11 is 0. The first-order valence-corrected chi connectivity index (χ1v) is 17.3. The average molecular weight is 628 g/mol. The number of carboxylic acid groups (broad SMARTS) is 2. The Morgan fingerprint density at radius 3 is 0.854 bits per heavy atom. The van der Waals surface area contributed by atoms with Gasteiger partial charge in [-0.25, -0.2) is 0 Å². The van der Waals surface area contributed by atoms with E-state index in [9.17, 15) is 9.59 Å². The molecule has 0 aliphatic heterocycles. The number of carbonyl (C=O) groups is 2.